The van der Waals surface area contributed by atoms with Crippen LogP contribution in [-0.4, -0.2) is 22.3 Å². The lowest BCUT2D eigenvalue weighted by Gasteiger charge is -2.27. The number of carbonyl (C=O) groups is 1. The number of carbonyl (C=O) groups excluding carboxylic acids is 1. The Morgan fingerprint density at radius 3 is 3.00 bits per heavy atom. The van der Waals surface area contributed by atoms with Crippen molar-refractivity contribution in [3.63, 3.8) is 0 Å². The summed E-state index contributed by atoms with van der Waals surface area (Å²) in [5, 5.41) is 7.39. The Hall–Kier alpha value is -2.37. The van der Waals surface area contributed by atoms with Gasteiger partial charge in [0.2, 0.25) is 0 Å². The van der Waals surface area contributed by atoms with E-state index in [0.29, 0.717) is 30.1 Å². The molecule has 0 fully saturated rings. The number of hydrogen-bond donors (Lipinski definition) is 1. The van der Waals surface area contributed by atoms with E-state index in [0.717, 1.165) is 18.7 Å². The Bertz CT molecular complexity index is 770. The molecule has 1 amide bonds. The van der Waals surface area contributed by atoms with Crippen molar-refractivity contribution in [3.8, 4) is 5.75 Å². The van der Waals surface area contributed by atoms with Crippen LogP contribution < -0.4 is 10.1 Å². The maximum Gasteiger partial charge on any atom is 0.255 e. The molecule has 5 nitrogen and oxygen atoms in total. The van der Waals surface area contributed by atoms with Gasteiger partial charge in [0, 0.05) is 18.5 Å². The lowest BCUT2D eigenvalue weighted by atomic mass is 9.99. The normalized spacial score (nSPS) is 16.4. The van der Waals surface area contributed by atoms with E-state index in [1.165, 1.54) is 6.07 Å². The molecule has 1 aliphatic heterocycles. The van der Waals surface area contributed by atoms with E-state index in [9.17, 15) is 9.18 Å². The van der Waals surface area contributed by atoms with E-state index in [1.807, 2.05) is 11.6 Å². The van der Waals surface area contributed by atoms with Gasteiger partial charge in [-0.3, -0.25) is 9.48 Å². The van der Waals surface area contributed by atoms with Gasteiger partial charge in [0.15, 0.2) is 11.6 Å². The van der Waals surface area contributed by atoms with Crippen molar-refractivity contribution in [2.75, 3.05) is 6.61 Å². The van der Waals surface area contributed by atoms with Gasteiger partial charge in [-0.1, -0.05) is 32.9 Å². The number of nitrogens with zero attached hydrogens (tertiary/aromatic N) is 2. The van der Waals surface area contributed by atoms with Gasteiger partial charge in [0.1, 0.15) is 0 Å². The lowest BCUT2D eigenvalue weighted by Crippen LogP contribution is -2.32. The van der Waals surface area contributed by atoms with E-state index in [2.05, 4.69) is 24.3 Å². The summed E-state index contributed by atoms with van der Waals surface area (Å²) in [5.41, 5.74) is 2.21. The van der Waals surface area contributed by atoms with Crippen molar-refractivity contribution in [3.05, 3.63) is 47.0 Å². The van der Waals surface area contributed by atoms with Gasteiger partial charge in [-0.2, -0.15) is 5.10 Å². The zero-order chi connectivity index (χ0) is 18.0. The highest BCUT2D eigenvalue weighted by molar-refractivity contribution is 5.95. The van der Waals surface area contributed by atoms with Crippen LogP contribution in [0.2, 0.25) is 0 Å². The number of amides is 1. The molecule has 0 radical (unpaired) electrons. The largest absolute Gasteiger partial charge is 0.490 e. The minimum Gasteiger partial charge on any atom is -0.490 e. The molecule has 0 saturated heterocycles. The average Bonchev–Trinajstić information content (AvgIpc) is 2.97. The molecule has 134 valence electrons. The molecule has 1 atom stereocenters. The fourth-order valence-corrected chi connectivity index (χ4v) is 3.25. The molecule has 0 saturated carbocycles. The number of benzene rings is 1. The van der Waals surface area contributed by atoms with Crippen LogP contribution in [0.25, 0.3) is 0 Å². The average molecular weight is 345 g/mol. The van der Waals surface area contributed by atoms with Gasteiger partial charge in [0.05, 0.1) is 30.1 Å². The second-order valence-corrected chi connectivity index (χ2v) is 6.76. The first-order chi connectivity index (χ1) is 12.0. The van der Waals surface area contributed by atoms with E-state index < -0.39 is 5.82 Å². The molecular weight excluding hydrogens is 321 g/mol. The van der Waals surface area contributed by atoms with Crippen LogP contribution in [0.1, 0.15) is 54.8 Å². The fraction of sp³-hybridized carbons (Fsp3) is 0.474. The summed E-state index contributed by atoms with van der Waals surface area (Å²) in [6.45, 7) is 7.42. The first-order valence-corrected chi connectivity index (χ1v) is 8.78. The lowest BCUT2D eigenvalue weighted by molar-refractivity contribution is 0.0922. The van der Waals surface area contributed by atoms with Crippen molar-refractivity contribution in [1.29, 1.82) is 0 Å². The number of hydrogen-bond acceptors (Lipinski definition) is 3. The molecule has 0 spiro atoms. The predicted molar refractivity (Wildman–Crippen MR) is 93.2 cm³/mol. The Labute approximate surface area is 147 Å². The summed E-state index contributed by atoms with van der Waals surface area (Å²) in [6, 6.07) is 4.55. The van der Waals surface area contributed by atoms with Gasteiger partial charge in [-0.15, -0.1) is 0 Å². The smallest absolute Gasteiger partial charge is 0.255 e. The summed E-state index contributed by atoms with van der Waals surface area (Å²) in [7, 11) is 0. The van der Waals surface area contributed by atoms with Crippen LogP contribution >= 0.6 is 0 Å². The van der Waals surface area contributed by atoms with Crippen LogP contribution in [0, 0.1) is 11.7 Å². The molecule has 1 aromatic carbocycles. The van der Waals surface area contributed by atoms with Gasteiger partial charge in [0.25, 0.3) is 5.91 Å². The number of ether oxygens (including phenoxy) is 1. The van der Waals surface area contributed by atoms with E-state index in [1.54, 1.807) is 18.3 Å². The minimum absolute atomic E-state index is 0.172. The number of fused-ring (bicyclic) bond motifs is 1. The number of nitrogens with one attached hydrogen (secondary N) is 1. The van der Waals surface area contributed by atoms with Crippen molar-refractivity contribution < 1.29 is 13.9 Å². The Morgan fingerprint density at radius 2 is 2.28 bits per heavy atom. The van der Waals surface area contributed by atoms with Crippen LogP contribution in [0.5, 0.6) is 5.75 Å². The topological polar surface area (TPSA) is 56.1 Å². The summed E-state index contributed by atoms with van der Waals surface area (Å²) in [6.07, 6.45) is 2.97. The minimum atomic E-state index is -0.393. The maximum absolute atomic E-state index is 13.9. The van der Waals surface area contributed by atoms with Crippen molar-refractivity contribution >= 4 is 5.91 Å². The molecule has 3 rings (SSSR count). The second kappa shape index (κ2) is 7.25. The third-order valence-corrected chi connectivity index (χ3v) is 4.40. The Kier molecular flexibility index (Phi) is 5.06. The molecule has 25 heavy (non-hydrogen) atoms. The van der Waals surface area contributed by atoms with E-state index >= 15 is 0 Å². The Balaban J connectivity index is 1.82. The van der Waals surface area contributed by atoms with Gasteiger partial charge < -0.3 is 10.1 Å². The number of rotatable bonds is 5. The third kappa shape index (κ3) is 3.52. The molecule has 2 aromatic rings. The summed E-state index contributed by atoms with van der Waals surface area (Å²) < 4.78 is 21.2. The molecule has 0 bridgehead atoms. The third-order valence-electron chi connectivity index (χ3n) is 4.40. The highest BCUT2D eigenvalue weighted by Gasteiger charge is 2.27. The van der Waals surface area contributed by atoms with Crippen molar-refractivity contribution in [2.45, 2.75) is 46.2 Å². The van der Waals surface area contributed by atoms with Crippen LogP contribution in [0.15, 0.2) is 24.4 Å². The van der Waals surface area contributed by atoms with Crippen LogP contribution in [-0.2, 0) is 13.0 Å². The summed E-state index contributed by atoms with van der Waals surface area (Å²) in [4.78, 5) is 12.8. The van der Waals surface area contributed by atoms with Crippen molar-refractivity contribution in [2.24, 2.45) is 5.92 Å². The summed E-state index contributed by atoms with van der Waals surface area (Å²) >= 11 is 0. The standard InChI is InChI=1S/C19H24FN3O2/c1-4-17-14(10-21-23(17)11-12(2)3)19(24)22-16-8-9-25-18-13(16)6-5-7-15(18)20/h5-7,10,12,16H,4,8-9,11H2,1-3H3,(H,22,24)/t16-/m0/s1. The molecule has 1 aliphatic rings. The van der Waals surface area contributed by atoms with Gasteiger partial charge >= 0.3 is 0 Å². The molecule has 0 aliphatic carbocycles. The highest BCUT2D eigenvalue weighted by atomic mass is 19.1. The fourth-order valence-electron chi connectivity index (χ4n) is 3.25. The zero-order valence-corrected chi connectivity index (χ0v) is 14.9. The van der Waals surface area contributed by atoms with Gasteiger partial charge in [-0.05, 0) is 18.4 Å². The molecule has 1 N–H and O–H groups in total. The van der Waals surface area contributed by atoms with Gasteiger partial charge in [-0.25, -0.2) is 4.39 Å². The second-order valence-electron chi connectivity index (χ2n) is 6.76. The van der Waals surface area contributed by atoms with Crippen LogP contribution in [0.4, 0.5) is 4.39 Å². The first kappa shape index (κ1) is 17.5. The Morgan fingerprint density at radius 1 is 1.48 bits per heavy atom. The molecule has 1 aromatic heterocycles. The SMILES string of the molecule is CCc1c(C(=O)N[C@H]2CCOc3c(F)cccc32)cnn1CC(C)C. The van der Waals surface area contributed by atoms with E-state index in [-0.39, 0.29) is 17.7 Å². The summed E-state index contributed by atoms with van der Waals surface area (Å²) in [5.74, 6) is 0.126. The molecule has 2 heterocycles. The quantitative estimate of drug-likeness (QED) is 0.902. The van der Waals surface area contributed by atoms with E-state index in [4.69, 9.17) is 4.74 Å². The zero-order valence-electron chi connectivity index (χ0n) is 14.9. The first-order valence-electron chi connectivity index (χ1n) is 8.78. The van der Waals surface area contributed by atoms with Crippen LogP contribution in [0.3, 0.4) is 0 Å². The predicted octanol–water partition coefficient (Wildman–Crippen LogP) is 3.49. The van der Waals surface area contributed by atoms with Crippen molar-refractivity contribution in [1.82, 2.24) is 15.1 Å². The number of halogens is 1. The molecule has 6 heteroatoms. The number of aromatic nitrogens is 2. The number of para-hydroxylation sites is 1. The highest BCUT2D eigenvalue weighted by Crippen LogP contribution is 2.34. The maximum atomic E-state index is 13.9. The molecule has 0 unspecified atom stereocenters. The monoisotopic (exact) mass is 345 g/mol. The molecular formula is C19H24FN3O2.